The highest BCUT2D eigenvalue weighted by atomic mass is 32.2. The molecular formula is C18H19N3O3S3. The van der Waals surface area contributed by atoms with E-state index in [0.717, 1.165) is 10.8 Å². The van der Waals surface area contributed by atoms with Gasteiger partial charge in [0.05, 0.1) is 4.90 Å². The zero-order valence-corrected chi connectivity index (χ0v) is 17.0. The number of benzene rings is 2. The minimum atomic E-state index is -3.84. The number of amides is 1. The average Bonchev–Trinajstić information content (AvgIpc) is 3.17. The molecule has 27 heavy (non-hydrogen) atoms. The summed E-state index contributed by atoms with van der Waals surface area (Å²) in [4.78, 5) is 16.7. The van der Waals surface area contributed by atoms with Crippen molar-refractivity contribution in [3.05, 3.63) is 54.0 Å². The number of fused-ring (bicyclic) bond motifs is 1. The lowest BCUT2D eigenvalue weighted by Crippen LogP contribution is -2.44. The van der Waals surface area contributed by atoms with E-state index >= 15 is 0 Å². The zero-order chi connectivity index (χ0) is 19.3. The standard InChI is InChI=1S/C18H19N3O3S3/c1-25-10-8-16(17(22)20-18-19-9-11-26-18)21-27(23,24)15-7-6-13-4-2-3-5-14(13)12-15/h2-7,9,11-12,16,21H,8,10H2,1H3,(H,19,20,22). The van der Waals surface area contributed by atoms with Crippen LogP contribution in [0, 0.1) is 0 Å². The largest absolute Gasteiger partial charge is 0.301 e. The van der Waals surface area contributed by atoms with E-state index < -0.39 is 22.0 Å². The lowest BCUT2D eigenvalue weighted by atomic mass is 10.1. The summed E-state index contributed by atoms with van der Waals surface area (Å²) >= 11 is 2.83. The molecule has 1 atom stereocenters. The fourth-order valence-electron chi connectivity index (χ4n) is 2.55. The summed E-state index contributed by atoms with van der Waals surface area (Å²) in [6.45, 7) is 0. The van der Waals surface area contributed by atoms with Gasteiger partial charge in [-0.25, -0.2) is 13.4 Å². The topological polar surface area (TPSA) is 88.2 Å². The van der Waals surface area contributed by atoms with Gasteiger partial charge in [-0.1, -0.05) is 30.3 Å². The Morgan fingerprint density at radius 2 is 2.00 bits per heavy atom. The van der Waals surface area contributed by atoms with E-state index in [1.54, 1.807) is 41.5 Å². The molecule has 6 nitrogen and oxygen atoms in total. The lowest BCUT2D eigenvalue weighted by molar-refractivity contribution is -0.117. The van der Waals surface area contributed by atoms with Crippen LogP contribution in [-0.2, 0) is 14.8 Å². The molecule has 0 aliphatic carbocycles. The molecule has 0 radical (unpaired) electrons. The number of nitrogens with one attached hydrogen (secondary N) is 2. The quantitative estimate of drug-likeness (QED) is 0.582. The summed E-state index contributed by atoms with van der Waals surface area (Å²) in [7, 11) is -3.84. The second-order valence-corrected chi connectivity index (χ2v) is 9.38. The molecule has 0 fully saturated rings. The number of thiazole rings is 1. The maximum absolute atomic E-state index is 12.8. The normalized spacial score (nSPS) is 12.8. The molecule has 3 rings (SSSR count). The molecule has 142 valence electrons. The Hall–Kier alpha value is -1.94. The molecule has 0 saturated heterocycles. The molecule has 9 heteroatoms. The van der Waals surface area contributed by atoms with Gasteiger partial charge in [0.2, 0.25) is 15.9 Å². The Bertz CT molecular complexity index is 1020. The van der Waals surface area contributed by atoms with Crippen LogP contribution in [0.25, 0.3) is 10.8 Å². The molecule has 2 aromatic carbocycles. The van der Waals surface area contributed by atoms with Crippen molar-refractivity contribution in [1.82, 2.24) is 9.71 Å². The molecule has 2 N–H and O–H groups in total. The number of carbonyl (C=O) groups is 1. The minimum Gasteiger partial charge on any atom is -0.301 e. The monoisotopic (exact) mass is 421 g/mol. The third-order valence-corrected chi connectivity index (χ3v) is 6.72. The molecule has 1 heterocycles. The minimum absolute atomic E-state index is 0.136. The third kappa shape index (κ3) is 5.07. The van der Waals surface area contributed by atoms with Crippen LogP contribution < -0.4 is 10.0 Å². The number of hydrogen-bond donors (Lipinski definition) is 2. The fourth-order valence-corrected chi connectivity index (χ4v) is 4.81. The molecule has 1 unspecified atom stereocenters. The first kappa shape index (κ1) is 19.8. The summed E-state index contributed by atoms with van der Waals surface area (Å²) in [5, 5.41) is 6.63. The molecule has 0 aliphatic rings. The first-order valence-electron chi connectivity index (χ1n) is 8.20. The van der Waals surface area contributed by atoms with Crippen molar-refractivity contribution in [3.63, 3.8) is 0 Å². The molecule has 0 spiro atoms. The van der Waals surface area contributed by atoms with Gasteiger partial charge >= 0.3 is 0 Å². The van der Waals surface area contributed by atoms with Crippen molar-refractivity contribution in [2.45, 2.75) is 17.4 Å². The van der Waals surface area contributed by atoms with Gasteiger partial charge in [-0.15, -0.1) is 11.3 Å². The predicted octanol–water partition coefficient (Wildman–Crippen LogP) is 3.34. The second-order valence-electron chi connectivity index (χ2n) is 5.79. The van der Waals surface area contributed by atoms with Crippen LogP contribution >= 0.6 is 23.1 Å². The Morgan fingerprint density at radius 1 is 1.22 bits per heavy atom. The number of aromatic nitrogens is 1. The molecule has 0 saturated carbocycles. The molecular weight excluding hydrogens is 402 g/mol. The van der Waals surface area contributed by atoms with Gasteiger partial charge in [-0.05, 0) is 41.3 Å². The van der Waals surface area contributed by atoms with Gasteiger partial charge in [-0.2, -0.15) is 16.5 Å². The van der Waals surface area contributed by atoms with E-state index in [1.807, 2.05) is 30.5 Å². The average molecular weight is 422 g/mol. The first-order chi connectivity index (χ1) is 13.0. The molecule has 1 amide bonds. The van der Waals surface area contributed by atoms with Crippen molar-refractivity contribution in [2.24, 2.45) is 0 Å². The van der Waals surface area contributed by atoms with Gasteiger partial charge < -0.3 is 5.32 Å². The van der Waals surface area contributed by atoms with Crippen LogP contribution in [0.3, 0.4) is 0 Å². The summed E-state index contributed by atoms with van der Waals surface area (Å²) in [5.41, 5.74) is 0. The molecule has 0 aliphatic heterocycles. The number of carbonyl (C=O) groups excluding carboxylic acids is 1. The summed E-state index contributed by atoms with van der Waals surface area (Å²) in [5.74, 6) is 0.235. The maximum Gasteiger partial charge on any atom is 0.244 e. The molecule has 1 aromatic heterocycles. The summed E-state index contributed by atoms with van der Waals surface area (Å²) < 4.78 is 28.2. The summed E-state index contributed by atoms with van der Waals surface area (Å²) in [6.07, 6.45) is 3.87. The van der Waals surface area contributed by atoms with Gasteiger partial charge in [0, 0.05) is 11.6 Å². The predicted molar refractivity (Wildman–Crippen MR) is 112 cm³/mol. The third-order valence-electron chi connectivity index (χ3n) is 3.92. The Morgan fingerprint density at radius 3 is 2.70 bits per heavy atom. The van der Waals surface area contributed by atoms with Gasteiger partial charge in [-0.3, -0.25) is 4.79 Å². The van der Waals surface area contributed by atoms with Crippen molar-refractivity contribution in [2.75, 3.05) is 17.3 Å². The fraction of sp³-hybridized carbons (Fsp3) is 0.222. The van der Waals surface area contributed by atoms with E-state index in [4.69, 9.17) is 0 Å². The van der Waals surface area contributed by atoms with E-state index in [-0.39, 0.29) is 4.90 Å². The van der Waals surface area contributed by atoms with Crippen LogP contribution in [0.2, 0.25) is 0 Å². The summed E-state index contributed by atoms with van der Waals surface area (Å²) in [6, 6.07) is 11.6. The number of anilines is 1. The van der Waals surface area contributed by atoms with E-state index in [9.17, 15) is 13.2 Å². The number of rotatable bonds is 8. The first-order valence-corrected chi connectivity index (χ1v) is 12.0. The van der Waals surface area contributed by atoms with Gasteiger partial charge in [0.25, 0.3) is 0 Å². The van der Waals surface area contributed by atoms with Crippen LogP contribution in [0.15, 0.2) is 58.9 Å². The maximum atomic E-state index is 12.8. The Kier molecular flexibility index (Phi) is 6.48. The SMILES string of the molecule is CSCCC(NS(=O)(=O)c1ccc2ccccc2c1)C(=O)Nc1nccs1. The van der Waals surface area contributed by atoms with Crippen LogP contribution in [0.4, 0.5) is 5.13 Å². The number of sulfonamides is 1. The second kappa shape index (κ2) is 8.83. The smallest absolute Gasteiger partial charge is 0.244 e. The Labute approximate surface area is 166 Å². The number of thioether (sulfide) groups is 1. The number of hydrogen-bond acceptors (Lipinski definition) is 6. The van der Waals surface area contributed by atoms with Gasteiger partial charge in [0.15, 0.2) is 5.13 Å². The lowest BCUT2D eigenvalue weighted by Gasteiger charge is -2.17. The van der Waals surface area contributed by atoms with E-state index in [1.165, 1.54) is 11.3 Å². The van der Waals surface area contributed by atoms with E-state index in [2.05, 4.69) is 15.0 Å². The van der Waals surface area contributed by atoms with E-state index in [0.29, 0.717) is 17.3 Å². The van der Waals surface area contributed by atoms with Crippen molar-refractivity contribution < 1.29 is 13.2 Å². The highest BCUT2D eigenvalue weighted by Gasteiger charge is 2.26. The highest BCUT2D eigenvalue weighted by molar-refractivity contribution is 7.98. The highest BCUT2D eigenvalue weighted by Crippen LogP contribution is 2.20. The van der Waals surface area contributed by atoms with Crippen LogP contribution in [0.5, 0.6) is 0 Å². The van der Waals surface area contributed by atoms with Crippen molar-refractivity contribution in [3.8, 4) is 0 Å². The molecule has 0 bridgehead atoms. The van der Waals surface area contributed by atoms with Gasteiger partial charge in [0.1, 0.15) is 6.04 Å². The molecule has 3 aromatic rings. The van der Waals surface area contributed by atoms with Crippen LogP contribution in [-0.4, -0.2) is 37.4 Å². The zero-order valence-electron chi connectivity index (χ0n) is 14.6. The van der Waals surface area contributed by atoms with Crippen LogP contribution in [0.1, 0.15) is 6.42 Å². The Balaban J connectivity index is 1.82. The number of nitrogens with zero attached hydrogens (tertiary/aromatic N) is 1. The van der Waals surface area contributed by atoms with Crippen molar-refractivity contribution >= 4 is 54.9 Å². The van der Waals surface area contributed by atoms with Crippen molar-refractivity contribution in [1.29, 1.82) is 0 Å².